The van der Waals surface area contributed by atoms with Gasteiger partial charge in [-0.25, -0.2) is 0 Å². The maximum atomic E-state index is 12.1. The SMILES string of the molecule is CCNC(=O)C(=O)NC[C@@H](c1ccc(N(C)C)cc1)N1CCc2ccccc2C1. The summed E-state index contributed by atoms with van der Waals surface area (Å²) in [6.45, 7) is 4.36. The molecule has 154 valence electrons. The van der Waals surface area contributed by atoms with Crippen LogP contribution in [0.15, 0.2) is 48.5 Å². The number of nitrogens with one attached hydrogen (secondary N) is 2. The Hall–Kier alpha value is -2.86. The van der Waals surface area contributed by atoms with Crippen LogP contribution in [0.1, 0.15) is 29.7 Å². The molecule has 0 spiro atoms. The van der Waals surface area contributed by atoms with Gasteiger partial charge < -0.3 is 15.5 Å². The van der Waals surface area contributed by atoms with Crippen molar-refractivity contribution in [2.24, 2.45) is 0 Å². The molecule has 6 nitrogen and oxygen atoms in total. The predicted octanol–water partition coefficient (Wildman–Crippen LogP) is 2.10. The number of hydrogen-bond donors (Lipinski definition) is 2. The molecule has 1 atom stereocenters. The first-order valence-electron chi connectivity index (χ1n) is 10.1. The van der Waals surface area contributed by atoms with Crippen LogP contribution in [-0.4, -0.2) is 50.4 Å². The molecule has 2 aromatic rings. The molecule has 2 aromatic carbocycles. The smallest absolute Gasteiger partial charge is 0.309 e. The van der Waals surface area contributed by atoms with Gasteiger partial charge in [0.2, 0.25) is 0 Å². The Labute approximate surface area is 172 Å². The second-order valence-corrected chi connectivity index (χ2v) is 7.56. The Morgan fingerprint density at radius 3 is 2.31 bits per heavy atom. The highest BCUT2D eigenvalue weighted by Gasteiger charge is 2.26. The number of carbonyl (C=O) groups is 2. The van der Waals surface area contributed by atoms with Crippen LogP contribution in [0, 0.1) is 0 Å². The zero-order valence-corrected chi connectivity index (χ0v) is 17.4. The van der Waals surface area contributed by atoms with Crippen LogP contribution in [0.25, 0.3) is 0 Å². The normalized spacial score (nSPS) is 14.6. The molecule has 2 N–H and O–H groups in total. The van der Waals surface area contributed by atoms with Crippen LogP contribution in [0.3, 0.4) is 0 Å². The number of carbonyl (C=O) groups excluding carboxylic acids is 2. The fourth-order valence-electron chi connectivity index (χ4n) is 3.75. The van der Waals surface area contributed by atoms with Crippen LogP contribution >= 0.6 is 0 Å². The summed E-state index contributed by atoms with van der Waals surface area (Å²) < 4.78 is 0. The molecule has 1 heterocycles. The van der Waals surface area contributed by atoms with Crippen molar-refractivity contribution < 1.29 is 9.59 Å². The van der Waals surface area contributed by atoms with Crippen molar-refractivity contribution in [1.29, 1.82) is 0 Å². The summed E-state index contributed by atoms with van der Waals surface area (Å²) in [5, 5.41) is 5.37. The van der Waals surface area contributed by atoms with E-state index in [1.165, 1.54) is 11.1 Å². The monoisotopic (exact) mass is 394 g/mol. The second-order valence-electron chi connectivity index (χ2n) is 7.56. The van der Waals surface area contributed by atoms with Crippen LogP contribution in [-0.2, 0) is 22.6 Å². The first-order valence-corrected chi connectivity index (χ1v) is 10.1. The van der Waals surface area contributed by atoms with E-state index >= 15 is 0 Å². The zero-order chi connectivity index (χ0) is 20.8. The average Bonchev–Trinajstić information content (AvgIpc) is 2.74. The molecule has 0 radical (unpaired) electrons. The molecule has 0 saturated heterocycles. The van der Waals surface area contributed by atoms with E-state index in [9.17, 15) is 9.59 Å². The highest BCUT2D eigenvalue weighted by atomic mass is 16.2. The molecule has 0 aliphatic carbocycles. The maximum absolute atomic E-state index is 12.1. The molecule has 1 aliphatic heterocycles. The Morgan fingerprint density at radius 2 is 1.66 bits per heavy atom. The van der Waals surface area contributed by atoms with Gasteiger partial charge >= 0.3 is 11.8 Å². The Balaban J connectivity index is 1.80. The average molecular weight is 395 g/mol. The molecule has 29 heavy (non-hydrogen) atoms. The third-order valence-electron chi connectivity index (χ3n) is 5.39. The molecule has 6 heteroatoms. The summed E-state index contributed by atoms with van der Waals surface area (Å²) in [5.74, 6) is -1.17. The molecule has 0 saturated carbocycles. The Bertz CT molecular complexity index is 848. The predicted molar refractivity (Wildman–Crippen MR) is 116 cm³/mol. The van der Waals surface area contributed by atoms with E-state index in [0.717, 1.165) is 30.8 Å². The molecular weight excluding hydrogens is 364 g/mol. The number of benzene rings is 2. The van der Waals surface area contributed by atoms with E-state index < -0.39 is 11.8 Å². The maximum Gasteiger partial charge on any atom is 0.309 e. The van der Waals surface area contributed by atoms with Crippen LogP contribution in [0.5, 0.6) is 0 Å². The number of anilines is 1. The van der Waals surface area contributed by atoms with Gasteiger partial charge in [-0.05, 0) is 42.2 Å². The van der Waals surface area contributed by atoms with Crippen molar-refractivity contribution in [2.75, 3.05) is 38.6 Å². The first kappa shape index (κ1) is 20.9. The summed E-state index contributed by atoms with van der Waals surface area (Å²) in [6.07, 6.45) is 0.979. The number of hydrogen-bond acceptors (Lipinski definition) is 4. The van der Waals surface area contributed by atoms with Crippen molar-refractivity contribution in [2.45, 2.75) is 25.9 Å². The highest BCUT2D eigenvalue weighted by Crippen LogP contribution is 2.28. The van der Waals surface area contributed by atoms with E-state index in [4.69, 9.17) is 0 Å². The fourth-order valence-corrected chi connectivity index (χ4v) is 3.75. The van der Waals surface area contributed by atoms with E-state index in [2.05, 4.69) is 69.0 Å². The van der Waals surface area contributed by atoms with Gasteiger partial charge in [0.05, 0.1) is 6.04 Å². The summed E-state index contributed by atoms with van der Waals surface area (Å²) in [6, 6.07) is 16.9. The van der Waals surface area contributed by atoms with Crippen molar-refractivity contribution in [1.82, 2.24) is 15.5 Å². The molecule has 0 aromatic heterocycles. The molecular formula is C23H30N4O2. The van der Waals surface area contributed by atoms with Gasteiger partial charge in [-0.2, -0.15) is 0 Å². The molecule has 0 fully saturated rings. The summed E-state index contributed by atoms with van der Waals surface area (Å²) in [7, 11) is 4.03. The molecule has 0 unspecified atom stereocenters. The van der Waals surface area contributed by atoms with Gasteiger partial charge in [0.25, 0.3) is 0 Å². The van der Waals surface area contributed by atoms with Crippen molar-refractivity contribution >= 4 is 17.5 Å². The molecule has 1 aliphatic rings. The number of fused-ring (bicyclic) bond motifs is 1. The lowest BCUT2D eigenvalue weighted by Gasteiger charge is -2.36. The molecule has 3 rings (SSSR count). The molecule has 0 bridgehead atoms. The lowest BCUT2D eigenvalue weighted by molar-refractivity contribution is -0.139. The lowest BCUT2D eigenvalue weighted by atomic mass is 9.96. The number of rotatable bonds is 6. The quantitative estimate of drug-likeness (QED) is 0.737. The zero-order valence-electron chi connectivity index (χ0n) is 17.4. The minimum absolute atomic E-state index is 0.00190. The number of amides is 2. The summed E-state index contributed by atoms with van der Waals surface area (Å²) in [4.78, 5) is 28.4. The topological polar surface area (TPSA) is 64.7 Å². The van der Waals surface area contributed by atoms with Gasteiger partial charge in [0.1, 0.15) is 0 Å². The standard InChI is InChI=1S/C23H30N4O2/c1-4-24-22(28)23(29)25-15-21(18-9-11-20(12-10-18)26(2)3)27-14-13-17-7-5-6-8-19(17)16-27/h5-12,21H,4,13-16H2,1-3H3,(H,24,28)(H,25,29)/t21-/m0/s1. The van der Waals surface area contributed by atoms with Gasteiger partial charge in [-0.15, -0.1) is 0 Å². The lowest BCUT2D eigenvalue weighted by Crippen LogP contribution is -2.45. The van der Waals surface area contributed by atoms with Crippen LogP contribution < -0.4 is 15.5 Å². The van der Waals surface area contributed by atoms with Gasteiger partial charge in [-0.1, -0.05) is 36.4 Å². The van der Waals surface area contributed by atoms with E-state index in [0.29, 0.717) is 13.1 Å². The van der Waals surface area contributed by atoms with Crippen LogP contribution in [0.2, 0.25) is 0 Å². The minimum atomic E-state index is -0.585. The van der Waals surface area contributed by atoms with Crippen molar-refractivity contribution in [3.05, 3.63) is 65.2 Å². The highest BCUT2D eigenvalue weighted by molar-refractivity contribution is 6.35. The Kier molecular flexibility index (Phi) is 6.88. The minimum Gasteiger partial charge on any atom is -0.378 e. The van der Waals surface area contributed by atoms with Crippen molar-refractivity contribution in [3.63, 3.8) is 0 Å². The largest absolute Gasteiger partial charge is 0.378 e. The van der Waals surface area contributed by atoms with Crippen LogP contribution in [0.4, 0.5) is 5.69 Å². The fraction of sp³-hybridized carbons (Fsp3) is 0.391. The van der Waals surface area contributed by atoms with Gasteiger partial charge in [-0.3, -0.25) is 14.5 Å². The third-order valence-corrected chi connectivity index (χ3v) is 5.39. The van der Waals surface area contributed by atoms with E-state index in [-0.39, 0.29) is 6.04 Å². The van der Waals surface area contributed by atoms with E-state index in [1.807, 2.05) is 14.1 Å². The van der Waals surface area contributed by atoms with Crippen molar-refractivity contribution in [3.8, 4) is 0 Å². The molecule has 2 amide bonds. The second kappa shape index (κ2) is 9.56. The summed E-state index contributed by atoms with van der Waals surface area (Å²) in [5.41, 5.74) is 4.97. The third kappa shape index (κ3) is 5.15. The number of nitrogens with zero attached hydrogens (tertiary/aromatic N) is 2. The Morgan fingerprint density at radius 1 is 1.00 bits per heavy atom. The van der Waals surface area contributed by atoms with Gasteiger partial charge in [0, 0.05) is 46.0 Å². The van der Waals surface area contributed by atoms with E-state index in [1.54, 1.807) is 6.92 Å². The first-order chi connectivity index (χ1) is 14.0. The number of likely N-dealkylation sites (N-methyl/N-ethyl adjacent to an activating group) is 1. The summed E-state index contributed by atoms with van der Waals surface area (Å²) >= 11 is 0. The van der Waals surface area contributed by atoms with Gasteiger partial charge in [0.15, 0.2) is 0 Å².